The van der Waals surface area contributed by atoms with Gasteiger partial charge in [-0.1, -0.05) is 11.6 Å². The van der Waals surface area contributed by atoms with Crippen molar-refractivity contribution in [3.05, 3.63) is 50.2 Å². The molecule has 1 aromatic carbocycles. The minimum absolute atomic E-state index is 0.161. The Morgan fingerprint density at radius 1 is 1.30 bits per heavy atom. The van der Waals surface area contributed by atoms with Crippen LogP contribution in [0.25, 0.3) is 11.0 Å². The molecule has 142 valence electrons. The molecule has 0 saturated heterocycles. The average molecular weight is 410 g/mol. The summed E-state index contributed by atoms with van der Waals surface area (Å²) < 4.78 is 33.5. The van der Waals surface area contributed by atoms with Gasteiger partial charge in [-0.05, 0) is 37.0 Å². The minimum atomic E-state index is -3.25. The van der Waals surface area contributed by atoms with Crippen molar-refractivity contribution in [2.45, 2.75) is 25.3 Å². The number of ether oxygens (including phenoxy) is 1. The summed E-state index contributed by atoms with van der Waals surface area (Å²) in [4.78, 5) is 24.1. The highest BCUT2D eigenvalue weighted by Gasteiger charge is 2.24. The molecule has 0 saturated carbocycles. The number of nitrogens with one attached hydrogen (secondary N) is 1. The molecule has 2 aliphatic rings. The zero-order chi connectivity index (χ0) is 19.2. The van der Waals surface area contributed by atoms with E-state index >= 15 is 0 Å². The van der Waals surface area contributed by atoms with Gasteiger partial charge in [-0.25, -0.2) is 13.2 Å². The number of aryl methyl sites for hydroxylation is 1. The van der Waals surface area contributed by atoms with Gasteiger partial charge in [-0.3, -0.25) is 4.79 Å². The third-order valence-corrected chi connectivity index (χ3v) is 6.35. The van der Waals surface area contributed by atoms with Crippen molar-refractivity contribution in [3.63, 3.8) is 0 Å². The van der Waals surface area contributed by atoms with Crippen molar-refractivity contribution < 1.29 is 22.4 Å². The van der Waals surface area contributed by atoms with E-state index in [2.05, 4.69) is 5.32 Å². The molecule has 1 atom stereocenters. The third kappa shape index (κ3) is 3.59. The number of rotatable bonds is 4. The predicted octanol–water partition coefficient (Wildman–Crippen LogP) is 1.74. The molecule has 27 heavy (non-hydrogen) atoms. The third-order valence-electron chi connectivity index (χ3n) is 4.66. The summed E-state index contributed by atoms with van der Waals surface area (Å²) in [6.45, 7) is -0.342. The fraction of sp³-hybridized carbons (Fsp3) is 0.333. The lowest BCUT2D eigenvalue weighted by atomic mass is 10.1. The topological polar surface area (TPSA) is 103 Å². The first-order valence-corrected chi connectivity index (χ1v) is 10.5. The van der Waals surface area contributed by atoms with E-state index in [9.17, 15) is 18.0 Å². The Morgan fingerprint density at radius 2 is 2.07 bits per heavy atom. The number of hydrogen-bond donors (Lipinski definition) is 1. The van der Waals surface area contributed by atoms with E-state index in [0.29, 0.717) is 22.6 Å². The van der Waals surface area contributed by atoms with Crippen LogP contribution in [0.3, 0.4) is 0 Å². The van der Waals surface area contributed by atoms with Crippen LogP contribution in [0.4, 0.5) is 0 Å². The van der Waals surface area contributed by atoms with Gasteiger partial charge >= 0.3 is 5.63 Å². The number of sulfone groups is 1. The monoisotopic (exact) mass is 409 g/mol. The molecule has 1 amide bonds. The van der Waals surface area contributed by atoms with Crippen LogP contribution in [0.5, 0.6) is 5.75 Å². The molecule has 2 aromatic rings. The van der Waals surface area contributed by atoms with Crippen molar-refractivity contribution >= 4 is 38.3 Å². The summed E-state index contributed by atoms with van der Waals surface area (Å²) in [5.74, 6) is -0.422. The second-order valence-electron chi connectivity index (χ2n) is 6.60. The minimum Gasteiger partial charge on any atom is -0.482 e. The van der Waals surface area contributed by atoms with E-state index in [1.54, 1.807) is 6.07 Å². The van der Waals surface area contributed by atoms with Gasteiger partial charge in [-0.15, -0.1) is 0 Å². The maximum atomic E-state index is 12.1. The summed E-state index contributed by atoms with van der Waals surface area (Å²) in [6.07, 6.45) is 3.83. The van der Waals surface area contributed by atoms with Crippen molar-refractivity contribution in [2.75, 3.05) is 12.4 Å². The molecule has 1 N–H and O–H groups in total. The average Bonchev–Trinajstić information content (AvgIpc) is 3.21. The maximum absolute atomic E-state index is 12.1. The number of carbonyl (C=O) groups excluding carboxylic acids is 1. The van der Waals surface area contributed by atoms with Crippen LogP contribution in [-0.2, 0) is 27.5 Å². The van der Waals surface area contributed by atoms with Crippen LogP contribution in [0.1, 0.15) is 17.5 Å². The first kappa shape index (κ1) is 18.1. The lowest BCUT2D eigenvalue weighted by Crippen LogP contribution is -2.38. The summed E-state index contributed by atoms with van der Waals surface area (Å²) >= 11 is 6.27. The van der Waals surface area contributed by atoms with Gasteiger partial charge in [0, 0.05) is 22.4 Å². The molecule has 9 heteroatoms. The Kier molecular flexibility index (Phi) is 4.47. The Balaban J connectivity index is 1.50. The summed E-state index contributed by atoms with van der Waals surface area (Å²) in [5.41, 5.74) is 1.67. The van der Waals surface area contributed by atoms with Crippen LogP contribution >= 0.6 is 11.6 Å². The molecule has 0 bridgehead atoms. The molecule has 0 unspecified atom stereocenters. The fourth-order valence-corrected chi connectivity index (χ4v) is 4.90. The molecule has 0 spiro atoms. The lowest BCUT2D eigenvalue weighted by Gasteiger charge is -2.12. The largest absolute Gasteiger partial charge is 0.482 e. The Morgan fingerprint density at radius 3 is 2.81 bits per heavy atom. The van der Waals surface area contributed by atoms with Crippen molar-refractivity contribution in [1.29, 1.82) is 0 Å². The summed E-state index contributed by atoms with van der Waals surface area (Å²) in [6, 6.07) is 2.62. The zero-order valence-corrected chi connectivity index (χ0v) is 15.7. The number of fused-ring (bicyclic) bond motifs is 3. The first-order valence-electron chi connectivity index (χ1n) is 8.43. The zero-order valence-electron chi connectivity index (χ0n) is 14.2. The second-order valence-corrected chi connectivity index (χ2v) is 8.94. The molecule has 1 aromatic heterocycles. The number of hydrogen-bond acceptors (Lipinski definition) is 6. The molecule has 7 nitrogen and oxygen atoms in total. The maximum Gasteiger partial charge on any atom is 0.339 e. The number of amides is 1. The van der Waals surface area contributed by atoms with Gasteiger partial charge in [0.05, 0.1) is 16.8 Å². The molecule has 4 rings (SSSR count). The van der Waals surface area contributed by atoms with E-state index in [1.165, 1.54) is 12.1 Å². The van der Waals surface area contributed by atoms with Gasteiger partial charge in [0.15, 0.2) is 16.4 Å². The molecule has 1 aliphatic heterocycles. The summed E-state index contributed by atoms with van der Waals surface area (Å²) in [7, 11) is -3.25. The Bertz CT molecular complexity index is 1130. The number of halogens is 1. The Labute approximate surface area is 159 Å². The van der Waals surface area contributed by atoms with Gasteiger partial charge in [0.2, 0.25) is 0 Å². The Hall–Kier alpha value is -2.32. The quantitative estimate of drug-likeness (QED) is 0.771. The van der Waals surface area contributed by atoms with Crippen LogP contribution in [-0.4, -0.2) is 32.7 Å². The highest BCUT2D eigenvalue weighted by atomic mass is 35.5. The fourth-order valence-electron chi connectivity index (χ4n) is 3.45. The van der Waals surface area contributed by atoms with Crippen molar-refractivity contribution in [3.8, 4) is 5.75 Å². The summed E-state index contributed by atoms with van der Waals surface area (Å²) in [5, 5.41) is 4.73. The van der Waals surface area contributed by atoms with E-state index in [0.717, 1.165) is 29.2 Å². The second kappa shape index (κ2) is 6.69. The van der Waals surface area contributed by atoms with Gasteiger partial charge in [-0.2, -0.15) is 0 Å². The van der Waals surface area contributed by atoms with E-state index < -0.39 is 21.8 Å². The van der Waals surface area contributed by atoms with Gasteiger partial charge in [0.1, 0.15) is 11.3 Å². The normalized spacial score (nSPS) is 20.0. The highest BCUT2D eigenvalue weighted by molar-refractivity contribution is 7.94. The van der Waals surface area contributed by atoms with Crippen molar-refractivity contribution in [1.82, 2.24) is 5.32 Å². The molecular formula is C18H16ClNO6S. The molecule has 0 radical (unpaired) electrons. The number of carbonyl (C=O) groups is 1. The van der Waals surface area contributed by atoms with Gasteiger partial charge in [0.25, 0.3) is 5.91 Å². The van der Waals surface area contributed by atoms with Crippen molar-refractivity contribution in [2.24, 2.45) is 0 Å². The predicted molar refractivity (Wildman–Crippen MR) is 99.9 cm³/mol. The van der Waals surface area contributed by atoms with E-state index in [1.807, 2.05) is 0 Å². The standard InChI is InChI=1S/C18H16ClNO6S/c19-14-6-13-11-2-1-3-12(11)18(22)26-15(13)7-16(14)25-8-17(21)20-10-4-5-27(23,24)9-10/h4-7,10H,1-3,8-9H2,(H,20,21)/t10-/m1/s1. The molecular weight excluding hydrogens is 394 g/mol. The SMILES string of the molecule is O=C(COc1cc2oc(=O)c3c(c2cc1Cl)CCC3)N[C@@H]1C=CS(=O)(=O)C1. The van der Waals surface area contributed by atoms with E-state index in [4.69, 9.17) is 20.8 Å². The van der Waals surface area contributed by atoms with E-state index in [-0.39, 0.29) is 23.7 Å². The first-order chi connectivity index (χ1) is 12.8. The molecule has 0 fully saturated rings. The van der Waals surface area contributed by atoms with Crippen LogP contribution in [0.2, 0.25) is 5.02 Å². The lowest BCUT2D eigenvalue weighted by molar-refractivity contribution is -0.123. The molecule has 1 aliphatic carbocycles. The van der Waals surface area contributed by atoms with Crippen LogP contribution in [0.15, 0.2) is 32.8 Å². The molecule has 2 heterocycles. The number of benzene rings is 1. The smallest absolute Gasteiger partial charge is 0.339 e. The van der Waals surface area contributed by atoms with Crippen LogP contribution < -0.4 is 15.7 Å². The highest BCUT2D eigenvalue weighted by Crippen LogP contribution is 2.34. The van der Waals surface area contributed by atoms with Crippen LogP contribution in [0, 0.1) is 0 Å². The van der Waals surface area contributed by atoms with Gasteiger partial charge < -0.3 is 14.5 Å².